The maximum absolute atomic E-state index is 13.2. The summed E-state index contributed by atoms with van der Waals surface area (Å²) < 4.78 is 29.3. The fourth-order valence-corrected chi connectivity index (χ4v) is 3.54. The Morgan fingerprint density at radius 2 is 1.73 bits per heavy atom. The van der Waals surface area contributed by atoms with Crippen LogP contribution in [0.5, 0.6) is 17.2 Å². The number of anilines is 1. The molecular weight excluding hydrogens is 427 g/mol. The first-order valence-electron chi connectivity index (χ1n) is 10.3. The van der Waals surface area contributed by atoms with Gasteiger partial charge in [-0.05, 0) is 48.0 Å². The first-order valence-corrected chi connectivity index (χ1v) is 10.3. The summed E-state index contributed by atoms with van der Waals surface area (Å²) in [5.74, 6) is 0.745. The highest BCUT2D eigenvalue weighted by atomic mass is 19.1. The lowest BCUT2D eigenvalue weighted by molar-refractivity contribution is -0.133. The molecule has 0 aliphatic carbocycles. The highest BCUT2D eigenvalue weighted by Gasteiger charge is 2.22. The minimum atomic E-state index is -0.332. The van der Waals surface area contributed by atoms with Crippen LogP contribution in [0.25, 0.3) is 0 Å². The Balaban J connectivity index is 1.53. The van der Waals surface area contributed by atoms with Crippen molar-refractivity contribution in [3.05, 3.63) is 83.2 Å². The quantitative estimate of drug-likeness (QED) is 0.614. The topological polar surface area (TPSA) is 77.1 Å². The Kier molecular flexibility index (Phi) is 6.44. The van der Waals surface area contributed by atoms with E-state index in [1.807, 2.05) is 0 Å². The summed E-state index contributed by atoms with van der Waals surface area (Å²) in [6.45, 7) is 0.522. The standard InChI is InChI=1S/C25H23FN2O5/c1-31-21-10-17(11-22(12-21)32-2)25(30)27-20-7-8-23-18(9-20)14-28(24(29)15-33-23)13-16-3-5-19(26)6-4-16/h3-12H,13-15H2,1-2H3,(H,27,30). The van der Waals surface area contributed by atoms with Crippen molar-refractivity contribution in [2.75, 3.05) is 26.1 Å². The van der Waals surface area contributed by atoms with Gasteiger partial charge in [0.2, 0.25) is 0 Å². The molecule has 33 heavy (non-hydrogen) atoms. The number of fused-ring (bicyclic) bond motifs is 1. The lowest BCUT2D eigenvalue weighted by atomic mass is 10.1. The van der Waals surface area contributed by atoms with Gasteiger partial charge in [-0.25, -0.2) is 4.39 Å². The van der Waals surface area contributed by atoms with Gasteiger partial charge in [-0.15, -0.1) is 0 Å². The maximum atomic E-state index is 13.2. The molecule has 0 fully saturated rings. The van der Waals surface area contributed by atoms with E-state index in [0.29, 0.717) is 41.6 Å². The largest absolute Gasteiger partial charge is 0.497 e. The number of nitrogens with zero attached hydrogens (tertiary/aromatic N) is 1. The summed E-state index contributed by atoms with van der Waals surface area (Å²) in [6.07, 6.45) is 0. The number of ether oxygens (including phenoxy) is 3. The molecular formula is C25H23FN2O5. The Morgan fingerprint density at radius 3 is 2.39 bits per heavy atom. The van der Waals surface area contributed by atoms with Gasteiger partial charge in [0.05, 0.1) is 14.2 Å². The van der Waals surface area contributed by atoms with Crippen LogP contribution in [0.2, 0.25) is 0 Å². The molecule has 0 radical (unpaired) electrons. The number of halogens is 1. The second-order valence-electron chi connectivity index (χ2n) is 7.54. The number of hydrogen-bond donors (Lipinski definition) is 1. The van der Waals surface area contributed by atoms with E-state index >= 15 is 0 Å². The van der Waals surface area contributed by atoms with Gasteiger partial charge >= 0.3 is 0 Å². The van der Waals surface area contributed by atoms with Crippen LogP contribution in [0.4, 0.5) is 10.1 Å². The van der Waals surface area contributed by atoms with Crippen LogP contribution >= 0.6 is 0 Å². The van der Waals surface area contributed by atoms with Crippen LogP contribution in [-0.4, -0.2) is 37.5 Å². The van der Waals surface area contributed by atoms with Gasteiger partial charge in [-0.1, -0.05) is 12.1 Å². The van der Waals surface area contributed by atoms with E-state index in [-0.39, 0.29) is 24.2 Å². The Morgan fingerprint density at radius 1 is 1.03 bits per heavy atom. The molecule has 1 N–H and O–H groups in total. The fourth-order valence-electron chi connectivity index (χ4n) is 3.54. The lowest BCUT2D eigenvalue weighted by Crippen LogP contribution is -2.31. The van der Waals surface area contributed by atoms with Crippen molar-refractivity contribution in [3.63, 3.8) is 0 Å². The predicted molar refractivity (Wildman–Crippen MR) is 120 cm³/mol. The normalized spacial score (nSPS) is 12.9. The van der Waals surface area contributed by atoms with E-state index in [0.717, 1.165) is 11.1 Å². The number of benzene rings is 3. The van der Waals surface area contributed by atoms with Crippen molar-refractivity contribution < 1.29 is 28.2 Å². The number of nitrogens with one attached hydrogen (secondary N) is 1. The minimum absolute atomic E-state index is 0.0937. The zero-order valence-corrected chi connectivity index (χ0v) is 18.3. The van der Waals surface area contributed by atoms with Gasteiger partial charge in [-0.2, -0.15) is 0 Å². The molecule has 170 valence electrons. The van der Waals surface area contributed by atoms with Crippen LogP contribution < -0.4 is 19.5 Å². The first kappa shape index (κ1) is 22.1. The Labute approximate surface area is 190 Å². The van der Waals surface area contributed by atoms with E-state index in [9.17, 15) is 14.0 Å². The molecule has 7 nitrogen and oxygen atoms in total. The zero-order valence-electron chi connectivity index (χ0n) is 18.3. The van der Waals surface area contributed by atoms with E-state index in [1.54, 1.807) is 53.4 Å². The molecule has 0 unspecified atom stereocenters. The number of carbonyl (C=O) groups excluding carboxylic acids is 2. The second kappa shape index (κ2) is 9.60. The highest BCUT2D eigenvalue weighted by Crippen LogP contribution is 2.29. The molecule has 2 amide bonds. The van der Waals surface area contributed by atoms with Crippen LogP contribution in [-0.2, 0) is 17.9 Å². The van der Waals surface area contributed by atoms with Crippen molar-refractivity contribution in [1.29, 1.82) is 0 Å². The first-order chi connectivity index (χ1) is 15.9. The molecule has 8 heteroatoms. The molecule has 1 aliphatic heterocycles. The minimum Gasteiger partial charge on any atom is -0.497 e. The van der Waals surface area contributed by atoms with Crippen LogP contribution in [0.3, 0.4) is 0 Å². The lowest BCUT2D eigenvalue weighted by Gasteiger charge is -2.20. The number of carbonyl (C=O) groups is 2. The van der Waals surface area contributed by atoms with Crippen molar-refractivity contribution in [2.45, 2.75) is 13.1 Å². The van der Waals surface area contributed by atoms with Crippen molar-refractivity contribution in [1.82, 2.24) is 4.90 Å². The number of rotatable bonds is 6. The number of hydrogen-bond acceptors (Lipinski definition) is 5. The third-order valence-electron chi connectivity index (χ3n) is 5.28. The van der Waals surface area contributed by atoms with E-state index in [4.69, 9.17) is 14.2 Å². The molecule has 0 bridgehead atoms. The van der Waals surface area contributed by atoms with Crippen LogP contribution in [0, 0.1) is 5.82 Å². The van der Waals surface area contributed by atoms with Crippen molar-refractivity contribution in [2.24, 2.45) is 0 Å². The molecule has 4 rings (SSSR count). The zero-order chi connectivity index (χ0) is 23.4. The third-order valence-corrected chi connectivity index (χ3v) is 5.28. The third kappa shape index (κ3) is 5.23. The Bertz CT molecular complexity index is 1160. The molecule has 0 atom stereocenters. The molecule has 0 aromatic heterocycles. The van der Waals surface area contributed by atoms with Gasteiger partial charge < -0.3 is 24.4 Å². The Hall–Kier alpha value is -4.07. The molecule has 3 aromatic rings. The molecule has 0 saturated carbocycles. The second-order valence-corrected chi connectivity index (χ2v) is 7.54. The number of methoxy groups -OCH3 is 2. The smallest absolute Gasteiger partial charge is 0.261 e. The average molecular weight is 450 g/mol. The number of amides is 2. The van der Waals surface area contributed by atoms with Gasteiger partial charge in [0, 0.05) is 36.0 Å². The summed E-state index contributed by atoms with van der Waals surface area (Å²) >= 11 is 0. The van der Waals surface area contributed by atoms with Crippen molar-refractivity contribution >= 4 is 17.5 Å². The van der Waals surface area contributed by atoms with Gasteiger partial charge in [0.1, 0.15) is 23.1 Å². The molecule has 1 aliphatic rings. The molecule has 0 saturated heterocycles. The molecule has 0 spiro atoms. The van der Waals surface area contributed by atoms with Crippen LogP contribution in [0.15, 0.2) is 60.7 Å². The summed E-state index contributed by atoms with van der Waals surface area (Å²) in [5, 5.41) is 2.86. The summed E-state index contributed by atoms with van der Waals surface area (Å²) in [4.78, 5) is 27.0. The summed E-state index contributed by atoms with van der Waals surface area (Å²) in [6, 6.07) is 16.2. The van der Waals surface area contributed by atoms with Crippen molar-refractivity contribution in [3.8, 4) is 17.2 Å². The fraction of sp³-hybridized carbons (Fsp3) is 0.200. The molecule has 3 aromatic carbocycles. The van der Waals surface area contributed by atoms with E-state index < -0.39 is 0 Å². The van der Waals surface area contributed by atoms with E-state index in [2.05, 4.69) is 5.32 Å². The average Bonchev–Trinajstić information content (AvgIpc) is 2.98. The molecule has 1 heterocycles. The van der Waals surface area contributed by atoms with Gasteiger partial charge in [0.25, 0.3) is 11.8 Å². The summed E-state index contributed by atoms with van der Waals surface area (Å²) in [7, 11) is 3.03. The SMILES string of the molecule is COc1cc(OC)cc(C(=O)Nc2ccc3c(c2)CN(Cc2ccc(F)cc2)C(=O)CO3)c1. The maximum Gasteiger partial charge on any atom is 0.261 e. The van der Waals surface area contributed by atoms with Gasteiger partial charge in [-0.3, -0.25) is 9.59 Å². The predicted octanol–water partition coefficient (Wildman–Crippen LogP) is 4.02. The van der Waals surface area contributed by atoms with Gasteiger partial charge in [0.15, 0.2) is 6.61 Å². The monoisotopic (exact) mass is 450 g/mol. The highest BCUT2D eigenvalue weighted by molar-refractivity contribution is 6.04. The summed E-state index contributed by atoms with van der Waals surface area (Å²) in [5.41, 5.74) is 2.50. The van der Waals surface area contributed by atoms with Crippen LogP contribution in [0.1, 0.15) is 21.5 Å². The van der Waals surface area contributed by atoms with E-state index in [1.165, 1.54) is 26.4 Å².